The monoisotopic (exact) mass is 287 g/mol. The molecule has 0 aliphatic carbocycles. The lowest BCUT2D eigenvalue weighted by atomic mass is 9.93. The predicted octanol–water partition coefficient (Wildman–Crippen LogP) is 1.26. The fourth-order valence-corrected chi connectivity index (χ4v) is 3.24. The molecule has 2 heterocycles. The van der Waals surface area contributed by atoms with E-state index in [0.29, 0.717) is 18.4 Å². The summed E-state index contributed by atoms with van der Waals surface area (Å²) in [6, 6.07) is 9.05. The predicted molar refractivity (Wildman–Crippen MR) is 84.1 cm³/mol. The lowest BCUT2D eigenvalue weighted by Gasteiger charge is -2.33. The number of likely N-dealkylation sites (N-methyl/N-ethyl adjacent to an activating group) is 1. The van der Waals surface area contributed by atoms with Crippen LogP contribution in [-0.2, 0) is 17.8 Å². The van der Waals surface area contributed by atoms with Gasteiger partial charge in [0, 0.05) is 45.2 Å². The highest BCUT2D eigenvalue weighted by molar-refractivity contribution is 5.76. The van der Waals surface area contributed by atoms with E-state index in [2.05, 4.69) is 41.5 Å². The van der Waals surface area contributed by atoms with Crippen molar-refractivity contribution in [1.29, 1.82) is 0 Å². The summed E-state index contributed by atoms with van der Waals surface area (Å²) in [5.41, 5.74) is 2.84. The van der Waals surface area contributed by atoms with Crippen molar-refractivity contribution in [3.63, 3.8) is 0 Å². The highest BCUT2D eigenvalue weighted by Crippen LogP contribution is 2.19. The lowest BCUT2D eigenvalue weighted by Crippen LogP contribution is -2.47. The summed E-state index contributed by atoms with van der Waals surface area (Å²) in [5, 5.41) is 3.56. The molecule has 21 heavy (non-hydrogen) atoms. The molecule has 2 aliphatic heterocycles. The third-order valence-corrected chi connectivity index (χ3v) is 4.73. The van der Waals surface area contributed by atoms with E-state index < -0.39 is 0 Å². The molecule has 0 bridgehead atoms. The Morgan fingerprint density at radius 3 is 2.67 bits per heavy atom. The molecule has 1 aromatic rings. The Bertz CT molecular complexity index is 495. The number of nitrogens with one attached hydrogen (secondary N) is 1. The van der Waals surface area contributed by atoms with Gasteiger partial charge in [-0.05, 0) is 31.0 Å². The van der Waals surface area contributed by atoms with Gasteiger partial charge in [0.05, 0.1) is 0 Å². The van der Waals surface area contributed by atoms with Gasteiger partial charge in [-0.1, -0.05) is 24.3 Å². The summed E-state index contributed by atoms with van der Waals surface area (Å²) in [6.45, 7) is 4.71. The zero-order valence-electron chi connectivity index (χ0n) is 12.8. The van der Waals surface area contributed by atoms with Gasteiger partial charge in [-0.2, -0.15) is 0 Å². The number of amides is 1. The summed E-state index contributed by atoms with van der Waals surface area (Å²) in [5.74, 6) is 0.323. The molecule has 1 amide bonds. The van der Waals surface area contributed by atoms with Crippen LogP contribution in [0.3, 0.4) is 0 Å². The van der Waals surface area contributed by atoms with Gasteiger partial charge in [-0.25, -0.2) is 0 Å². The fourth-order valence-electron chi connectivity index (χ4n) is 3.24. The maximum atomic E-state index is 12.3. The normalized spacial score (nSPS) is 22.9. The van der Waals surface area contributed by atoms with Crippen LogP contribution in [0.2, 0.25) is 0 Å². The Morgan fingerprint density at radius 2 is 1.90 bits per heavy atom. The third kappa shape index (κ3) is 3.63. The standard InChI is InChI=1S/C17H25N3O/c1-19-8-10-20(11-9-19)17(21)7-6-16-12-14-4-2-3-5-15(14)13-18-16/h2-5,16,18H,6-13H2,1H3. The molecule has 0 aromatic heterocycles. The topological polar surface area (TPSA) is 35.6 Å². The molecule has 2 aliphatic rings. The Kier molecular flexibility index (Phi) is 4.56. The SMILES string of the molecule is CN1CCN(C(=O)CCC2Cc3ccccc3CN2)CC1. The van der Waals surface area contributed by atoms with Crippen LogP contribution in [0.4, 0.5) is 0 Å². The minimum Gasteiger partial charge on any atom is -0.340 e. The molecule has 0 saturated carbocycles. The molecule has 3 rings (SSSR count). The Hall–Kier alpha value is -1.39. The number of nitrogens with zero attached hydrogens (tertiary/aromatic N) is 2. The first kappa shape index (κ1) is 14.5. The molecule has 0 spiro atoms. The molecule has 1 aromatic carbocycles. The number of rotatable bonds is 3. The van der Waals surface area contributed by atoms with Crippen LogP contribution in [0.25, 0.3) is 0 Å². The molecule has 1 saturated heterocycles. The largest absolute Gasteiger partial charge is 0.340 e. The van der Waals surface area contributed by atoms with Crippen LogP contribution in [0.1, 0.15) is 24.0 Å². The highest BCUT2D eigenvalue weighted by atomic mass is 16.2. The number of hydrogen-bond donors (Lipinski definition) is 1. The Labute approximate surface area is 127 Å². The molecule has 114 valence electrons. The van der Waals surface area contributed by atoms with E-state index in [1.165, 1.54) is 11.1 Å². The first-order valence-electron chi connectivity index (χ1n) is 7.99. The van der Waals surface area contributed by atoms with Crippen LogP contribution in [-0.4, -0.2) is 55.0 Å². The molecule has 1 unspecified atom stereocenters. The Balaban J connectivity index is 1.47. The van der Waals surface area contributed by atoms with Gasteiger partial charge in [0.15, 0.2) is 0 Å². The molecular weight excluding hydrogens is 262 g/mol. The molecule has 1 atom stereocenters. The number of carbonyl (C=O) groups is 1. The van der Waals surface area contributed by atoms with Crippen LogP contribution in [0.15, 0.2) is 24.3 Å². The summed E-state index contributed by atoms with van der Waals surface area (Å²) < 4.78 is 0. The summed E-state index contributed by atoms with van der Waals surface area (Å²) >= 11 is 0. The third-order valence-electron chi connectivity index (χ3n) is 4.73. The number of benzene rings is 1. The maximum Gasteiger partial charge on any atom is 0.222 e. The zero-order valence-corrected chi connectivity index (χ0v) is 12.8. The second kappa shape index (κ2) is 6.58. The fraction of sp³-hybridized carbons (Fsp3) is 0.588. The quantitative estimate of drug-likeness (QED) is 0.909. The van der Waals surface area contributed by atoms with Gasteiger partial charge in [0.25, 0.3) is 0 Å². The molecule has 4 nitrogen and oxygen atoms in total. The van der Waals surface area contributed by atoms with Crippen molar-refractivity contribution < 1.29 is 4.79 Å². The average Bonchev–Trinajstić information content (AvgIpc) is 2.53. The molecule has 4 heteroatoms. The van der Waals surface area contributed by atoms with Gasteiger partial charge in [0.2, 0.25) is 5.91 Å². The van der Waals surface area contributed by atoms with Crippen LogP contribution in [0.5, 0.6) is 0 Å². The van der Waals surface area contributed by atoms with Gasteiger partial charge >= 0.3 is 0 Å². The zero-order chi connectivity index (χ0) is 14.7. The van der Waals surface area contributed by atoms with E-state index in [1.807, 2.05) is 4.90 Å². The average molecular weight is 287 g/mol. The van der Waals surface area contributed by atoms with Gasteiger partial charge in [0.1, 0.15) is 0 Å². The summed E-state index contributed by atoms with van der Waals surface area (Å²) in [7, 11) is 2.12. The molecule has 1 fully saturated rings. The first-order valence-corrected chi connectivity index (χ1v) is 7.99. The highest BCUT2D eigenvalue weighted by Gasteiger charge is 2.22. The first-order chi connectivity index (χ1) is 10.2. The van der Waals surface area contributed by atoms with Crippen molar-refractivity contribution >= 4 is 5.91 Å². The second-order valence-corrected chi connectivity index (χ2v) is 6.27. The van der Waals surface area contributed by atoms with E-state index in [9.17, 15) is 4.79 Å². The summed E-state index contributed by atoms with van der Waals surface area (Å²) in [4.78, 5) is 16.6. The smallest absolute Gasteiger partial charge is 0.222 e. The Morgan fingerprint density at radius 1 is 1.19 bits per heavy atom. The molecule has 0 radical (unpaired) electrons. The van der Waals surface area contributed by atoms with Gasteiger partial charge in [-0.3, -0.25) is 4.79 Å². The molecule has 1 N–H and O–H groups in total. The van der Waals surface area contributed by atoms with E-state index in [0.717, 1.165) is 45.6 Å². The van der Waals surface area contributed by atoms with Crippen LogP contribution >= 0.6 is 0 Å². The number of fused-ring (bicyclic) bond motifs is 1. The van der Waals surface area contributed by atoms with Crippen molar-refractivity contribution in [2.75, 3.05) is 33.2 Å². The molecular formula is C17H25N3O. The van der Waals surface area contributed by atoms with E-state index >= 15 is 0 Å². The summed E-state index contributed by atoms with van der Waals surface area (Å²) in [6.07, 6.45) is 2.66. The van der Waals surface area contributed by atoms with E-state index in [4.69, 9.17) is 0 Å². The number of piperazine rings is 1. The van der Waals surface area contributed by atoms with Crippen molar-refractivity contribution in [2.24, 2.45) is 0 Å². The second-order valence-electron chi connectivity index (χ2n) is 6.27. The minimum absolute atomic E-state index is 0.323. The van der Waals surface area contributed by atoms with Crippen molar-refractivity contribution in [3.05, 3.63) is 35.4 Å². The number of carbonyl (C=O) groups excluding carboxylic acids is 1. The number of hydrogen-bond acceptors (Lipinski definition) is 3. The van der Waals surface area contributed by atoms with E-state index in [1.54, 1.807) is 0 Å². The van der Waals surface area contributed by atoms with Crippen LogP contribution < -0.4 is 5.32 Å². The van der Waals surface area contributed by atoms with Crippen LogP contribution in [0, 0.1) is 0 Å². The lowest BCUT2D eigenvalue weighted by molar-refractivity contribution is -0.133. The maximum absolute atomic E-state index is 12.3. The van der Waals surface area contributed by atoms with Crippen molar-refractivity contribution in [1.82, 2.24) is 15.1 Å². The van der Waals surface area contributed by atoms with E-state index in [-0.39, 0.29) is 0 Å². The minimum atomic E-state index is 0.323. The van der Waals surface area contributed by atoms with Crippen molar-refractivity contribution in [2.45, 2.75) is 31.8 Å². The van der Waals surface area contributed by atoms with Gasteiger partial charge in [-0.15, -0.1) is 0 Å². The van der Waals surface area contributed by atoms with Gasteiger partial charge < -0.3 is 15.1 Å². The van der Waals surface area contributed by atoms with Crippen molar-refractivity contribution in [3.8, 4) is 0 Å².